The van der Waals surface area contributed by atoms with Crippen molar-refractivity contribution in [3.8, 4) is 0 Å². The third-order valence-corrected chi connectivity index (χ3v) is 4.10. The van der Waals surface area contributed by atoms with Crippen molar-refractivity contribution in [1.82, 2.24) is 4.31 Å². The molecule has 1 saturated heterocycles. The zero-order chi connectivity index (χ0) is 10.7. The molecule has 0 radical (unpaired) electrons. The Bertz CT molecular complexity index is 337. The molecule has 0 bridgehead atoms. The summed E-state index contributed by atoms with van der Waals surface area (Å²) in [6.45, 7) is 2.32. The lowest BCUT2D eigenvalue weighted by molar-refractivity contribution is 0.380. The minimum atomic E-state index is 0.725. The first-order chi connectivity index (χ1) is 7.25. The number of nitrogens with zero attached hydrogens (tertiary/aromatic N) is 1. The SMILES string of the molecule is Nc1ccc(SN2CCCCC2)c(Cl)c1. The number of hydrogen-bond acceptors (Lipinski definition) is 3. The average Bonchev–Trinajstić information content (AvgIpc) is 2.24. The number of rotatable bonds is 2. The summed E-state index contributed by atoms with van der Waals surface area (Å²) < 4.78 is 2.38. The Morgan fingerprint density at radius 3 is 2.60 bits per heavy atom. The van der Waals surface area contributed by atoms with E-state index in [0.717, 1.165) is 28.7 Å². The largest absolute Gasteiger partial charge is 0.399 e. The maximum atomic E-state index is 6.12. The van der Waals surface area contributed by atoms with E-state index in [9.17, 15) is 0 Å². The number of hydrogen-bond donors (Lipinski definition) is 1. The molecule has 1 aromatic rings. The fraction of sp³-hybridized carbons (Fsp3) is 0.455. The highest BCUT2D eigenvalue weighted by atomic mass is 35.5. The molecule has 1 aliphatic heterocycles. The van der Waals surface area contributed by atoms with Crippen molar-refractivity contribution in [2.24, 2.45) is 0 Å². The summed E-state index contributed by atoms with van der Waals surface area (Å²) in [6, 6.07) is 5.71. The number of nitrogens with two attached hydrogens (primary N) is 1. The minimum absolute atomic E-state index is 0.725. The van der Waals surface area contributed by atoms with E-state index in [0.29, 0.717) is 0 Å². The van der Waals surface area contributed by atoms with E-state index in [1.807, 2.05) is 18.2 Å². The Morgan fingerprint density at radius 2 is 1.93 bits per heavy atom. The van der Waals surface area contributed by atoms with Gasteiger partial charge in [-0.05, 0) is 43.0 Å². The lowest BCUT2D eigenvalue weighted by Crippen LogP contribution is -2.22. The molecule has 1 heterocycles. The molecular formula is C11H15ClN2S. The lowest BCUT2D eigenvalue weighted by atomic mass is 10.2. The van der Waals surface area contributed by atoms with Crippen LogP contribution in [0.15, 0.2) is 23.1 Å². The van der Waals surface area contributed by atoms with Gasteiger partial charge in [0.05, 0.1) is 5.02 Å². The van der Waals surface area contributed by atoms with Gasteiger partial charge in [-0.1, -0.05) is 18.0 Å². The van der Waals surface area contributed by atoms with Crippen LogP contribution >= 0.6 is 23.5 Å². The van der Waals surface area contributed by atoms with Crippen molar-refractivity contribution < 1.29 is 0 Å². The molecule has 0 aromatic heterocycles. The van der Waals surface area contributed by atoms with E-state index in [2.05, 4.69) is 4.31 Å². The topological polar surface area (TPSA) is 29.3 Å². The van der Waals surface area contributed by atoms with Crippen LogP contribution in [0.3, 0.4) is 0 Å². The Labute approximate surface area is 99.9 Å². The van der Waals surface area contributed by atoms with Crippen LogP contribution in [0.5, 0.6) is 0 Å². The van der Waals surface area contributed by atoms with Crippen molar-refractivity contribution in [3.05, 3.63) is 23.2 Å². The molecule has 0 aliphatic carbocycles. The van der Waals surface area contributed by atoms with Crippen LogP contribution in [0.4, 0.5) is 5.69 Å². The van der Waals surface area contributed by atoms with Gasteiger partial charge in [0, 0.05) is 23.7 Å². The van der Waals surface area contributed by atoms with Crippen LogP contribution in [-0.4, -0.2) is 17.4 Å². The Balaban J connectivity index is 2.03. The minimum Gasteiger partial charge on any atom is -0.399 e. The van der Waals surface area contributed by atoms with Crippen LogP contribution in [0.1, 0.15) is 19.3 Å². The van der Waals surface area contributed by atoms with E-state index in [4.69, 9.17) is 17.3 Å². The Morgan fingerprint density at radius 1 is 1.20 bits per heavy atom. The molecule has 15 heavy (non-hydrogen) atoms. The van der Waals surface area contributed by atoms with Crippen LogP contribution in [0.25, 0.3) is 0 Å². The number of halogens is 1. The molecule has 2 nitrogen and oxygen atoms in total. The second-order valence-electron chi connectivity index (χ2n) is 3.77. The lowest BCUT2D eigenvalue weighted by Gasteiger charge is -2.25. The van der Waals surface area contributed by atoms with Gasteiger partial charge in [0.2, 0.25) is 0 Å². The monoisotopic (exact) mass is 242 g/mol. The molecule has 2 rings (SSSR count). The van der Waals surface area contributed by atoms with E-state index >= 15 is 0 Å². The van der Waals surface area contributed by atoms with Gasteiger partial charge in [0.25, 0.3) is 0 Å². The van der Waals surface area contributed by atoms with E-state index in [1.165, 1.54) is 19.3 Å². The number of nitrogen functional groups attached to an aromatic ring is 1. The molecule has 1 fully saturated rings. The van der Waals surface area contributed by atoms with Crippen LogP contribution < -0.4 is 5.73 Å². The maximum Gasteiger partial charge on any atom is 0.0575 e. The summed E-state index contributed by atoms with van der Waals surface area (Å²) >= 11 is 7.87. The van der Waals surface area contributed by atoms with Gasteiger partial charge in [-0.2, -0.15) is 0 Å². The fourth-order valence-electron chi connectivity index (χ4n) is 1.69. The smallest absolute Gasteiger partial charge is 0.0575 e. The predicted octanol–water partition coefficient (Wildman–Crippen LogP) is 3.42. The van der Waals surface area contributed by atoms with Crippen LogP contribution in [-0.2, 0) is 0 Å². The van der Waals surface area contributed by atoms with Crippen molar-refractivity contribution in [2.75, 3.05) is 18.8 Å². The summed E-state index contributed by atoms with van der Waals surface area (Å²) in [5, 5.41) is 0.755. The Kier molecular flexibility index (Phi) is 3.78. The van der Waals surface area contributed by atoms with E-state index in [-0.39, 0.29) is 0 Å². The second-order valence-corrected chi connectivity index (χ2v) is 5.32. The quantitative estimate of drug-likeness (QED) is 0.637. The maximum absolute atomic E-state index is 6.12. The van der Waals surface area contributed by atoms with Gasteiger partial charge in [-0.3, -0.25) is 0 Å². The molecule has 1 aromatic carbocycles. The predicted molar refractivity (Wildman–Crippen MR) is 67.1 cm³/mol. The summed E-state index contributed by atoms with van der Waals surface area (Å²) in [6.07, 6.45) is 3.94. The highest BCUT2D eigenvalue weighted by molar-refractivity contribution is 7.97. The van der Waals surface area contributed by atoms with E-state index < -0.39 is 0 Å². The molecule has 82 valence electrons. The number of piperidine rings is 1. The summed E-state index contributed by atoms with van der Waals surface area (Å²) in [5.74, 6) is 0. The van der Waals surface area contributed by atoms with Crippen molar-refractivity contribution in [1.29, 1.82) is 0 Å². The normalized spacial score (nSPS) is 17.9. The standard InChI is InChI=1S/C11H15ClN2S/c12-10-8-9(13)4-5-11(10)15-14-6-2-1-3-7-14/h4-5,8H,1-3,6-7,13H2. The summed E-state index contributed by atoms with van der Waals surface area (Å²) in [5.41, 5.74) is 6.38. The number of benzene rings is 1. The molecule has 0 unspecified atom stereocenters. The summed E-state index contributed by atoms with van der Waals surface area (Å²) in [7, 11) is 0. The fourth-order valence-corrected chi connectivity index (χ4v) is 2.97. The third-order valence-electron chi connectivity index (χ3n) is 2.50. The highest BCUT2D eigenvalue weighted by Crippen LogP contribution is 2.32. The third kappa shape index (κ3) is 3.03. The highest BCUT2D eigenvalue weighted by Gasteiger charge is 2.12. The second kappa shape index (κ2) is 5.10. The zero-order valence-electron chi connectivity index (χ0n) is 8.58. The zero-order valence-corrected chi connectivity index (χ0v) is 10.2. The van der Waals surface area contributed by atoms with Gasteiger partial charge >= 0.3 is 0 Å². The van der Waals surface area contributed by atoms with Gasteiger partial charge in [-0.15, -0.1) is 0 Å². The van der Waals surface area contributed by atoms with Crippen LogP contribution in [0.2, 0.25) is 5.02 Å². The molecule has 0 atom stereocenters. The van der Waals surface area contributed by atoms with Crippen molar-refractivity contribution in [2.45, 2.75) is 24.2 Å². The first kappa shape index (κ1) is 11.1. The van der Waals surface area contributed by atoms with Gasteiger partial charge < -0.3 is 5.73 Å². The first-order valence-electron chi connectivity index (χ1n) is 5.23. The van der Waals surface area contributed by atoms with Gasteiger partial charge in [0.1, 0.15) is 0 Å². The molecule has 0 amide bonds. The average molecular weight is 243 g/mol. The molecule has 1 aliphatic rings. The first-order valence-corrected chi connectivity index (χ1v) is 6.39. The van der Waals surface area contributed by atoms with Gasteiger partial charge in [-0.25, -0.2) is 4.31 Å². The summed E-state index contributed by atoms with van der Waals surface area (Å²) in [4.78, 5) is 1.10. The van der Waals surface area contributed by atoms with E-state index in [1.54, 1.807) is 11.9 Å². The number of anilines is 1. The van der Waals surface area contributed by atoms with Crippen molar-refractivity contribution in [3.63, 3.8) is 0 Å². The van der Waals surface area contributed by atoms with Gasteiger partial charge in [0.15, 0.2) is 0 Å². The van der Waals surface area contributed by atoms with Crippen molar-refractivity contribution >= 4 is 29.2 Å². The molecule has 0 saturated carbocycles. The molecule has 2 N–H and O–H groups in total. The Hall–Kier alpha value is -0.380. The molecule has 0 spiro atoms. The van der Waals surface area contributed by atoms with Crippen LogP contribution in [0, 0.1) is 0 Å². The molecular weight excluding hydrogens is 228 g/mol. The molecule has 4 heteroatoms.